The van der Waals surface area contributed by atoms with Gasteiger partial charge in [0.2, 0.25) is 0 Å². The first-order valence-electron chi connectivity index (χ1n) is 6.55. The van der Waals surface area contributed by atoms with Gasteiger partial charge in [-0.1, -0.05) is 33.6 Å². The number of hydrogen-bond donors (Lipinski definition) is 2. The normalized spacial score (nSPS) is 34.7. The van der Waals surface area contributed by atoms with Crippen LogP contribution < -0.4 is 5.73 Å². The minimum absolute atomic E-state index is 0.0695. The quantitative estimate of drug-likeness (QED) is 0.884. The Morgan fingerprint density at radius 3 is 2.84 bits per heavy atom. The second-order valence-electron chi connectivity index (χ2n) is 5.53. The standard InChI is InChI=1S/C14H17BrClNO2/c15-11-5-8(16)1-3-10(11)13(18)14(7-17)6-9-2-4-12(14)19-9/h1,3,5,9,12-13,18H,2,4,6-7,17H2. The van der Waals surface area contributed by atoms with E-state index in [1.807, 2.05) is 6.07 Å². The zero-order valence-corrected chi connectivity index (χ0v) is 12.8. The van der Waals surface area contributed by atoms with Gasteiger partial charge in [0.1, 0.15) is 0 Å². The van der Waals surface area contributed by atoms with Crippen molar-refractivity contribution >= 4 is 27.5 Å². The molecule has 2 saturated heterocycles. The molecule has 0 aliphatic carbocycles. The minimum atomic E-state index is -0.626. The van der Waals surface area contributed by atoms with E-state index in [4.69, 9.17) is 22.1 Å². The van der Waals surface area contributed by atoms with Crippen molar-refractivity contribution in [1.29, 1.82) is 0 Å². The molecule has 4 atom stereocenters. The monoisotopic (exact) mass is 345 g/mol. The highest BCUT2D eigenvalue weighted by Gasteiger charge is 2.55. The molecule has 2 aliphatic heterocycles. The fraction of sp³-hybridized carbons (Fsp3) is 0.571. The zero-order chi connectivity index (χ0) is 13.6. The van der Waals surface area contributed by atoms with Crippen LogP contribution in [0.1, 0.15) is 30.9 Å². The average molecular weight is 347 g/mol. The van der Waals surface area contributed by atoms with Crippen LogP contribution in [0.2, 0.25) is 5.02 Å². The van der Waals surface area contributed by atoms with Crippen molar-refractivity contribution in [1.82, 2.24) is 0 Å². The molecule has 1 aromatic rings. The first-order valence-corrected chi connectivity index (χ1v) is 7.72. The van der Waals surface area contributed by atoms with Gasteiger partial charge in [0, 0.05) is 21.5 Å². The summed E-state index contributed by atoms with van der Waals surface area (Å²) in [4.78, 5) is 0. The van der Waals surface area contributed by atoms with E-state index in [1.165, 1.54) is 0 Å². The predicted octanol–water partition coefficient (Wildman–Crippen LogP) is 3.03. The van der Waals surface area contributed by atoms with Crippen molar-refractivity contribution in [3.8, 4) is 0 Å². The van der Waals surface area contributed by atoms with E-state index in [9.17, 15) is 5.11 Å². The van der Waals surface area contributed by atoms with E-state index in [2.05, 4.69) is 15.9 Å². The zero-order valence-electron chi connectivity index (χ0n) is 10.5. The molecule has 1 aromatic carbocycles. The highest BCUT2D eigenvalue weighted by atomic mass is 79.9. The average Bonchev–Trinajstić information content (AvgIpc) is 2.98. The number of aliphatic hydroxyl groups excluding tert-OH is 1. The largest absolute Gasteiger partial charge is 0.388 e. The lowest BCUT2D eigenvalue weighted by molar-refractivity contribution is -0.0267. The highest BCUT2D eigenvalue weighted by Crippen LogP contribution is 2.54. The number of fused-ring (bicyclic) bond motifs is 2. The summed E-state index contributed by atoms with van der Waals surface area (Å²) in [5, 5.41) is 11.5. The summed E-state index contributed by atoms with van der Waals surface area (Å²) in [6, 6.07) is 5.46. The van der Waals surface area contributed by atoms with Gasteiger partial charge in [0.15, 0.2) is 0 Å². The van der Waals surface area contributed by atoms with Gasteiger partial charge in [-0.05, 0) is 37.0 Å². The van der Waals surface area contributed by atoms with Crippen LogP contribution in [-0.2, 0) is 4.74 Å². The minimum Gasteiger partial charge on any atom is -0.388 e. The van der Waals surface area contributed by atoms with Gasteiger partial charge < -0.3 is 15.6 Å². The second kappa shape index (κ2) is 5.01. The summed E-state index contributed by atoms with van der Waals surface area (Å²) in [6.45, 7) is 0.435. The summed E-state index contributed by atoms with van der Waals surface area (Å²) in [5.41, 5.74) is 6.47. The molecule has 19 heavy (non-hydrogen) atoms. The molecule has 5 heteroatoms. The molecular weight excluding hydrogens is 330 g/mol. The molecule has 3 nitrogen and oxygen atoms in total. The van der Waals surface area contributed by atoms with Crippen LogP contribution in [0.4, 0.5) is 0 Å². The van der Waals surface area contributed by atoms with Crippen LogP contribution in [-0.4, -0.2) is 23.9 Å². The van der Waals surface area contributed by atoms with Crippen LogP contribution in [0.25, 0.3) is 0 Å². The van der Waals surface area contributed by atoms with Crippen molar-refractivity contribution in [2.75, 3.05) is 6.54 Å². The van der Waals surface area contributed by atoms with E-state index in [0.717, 1.165) is 29.3 Å². The van der Waals surface area contributed by atoms with Crippen molar-refractivity contribution in [2.24, 2.45) is 11.1 Å². The molecule has 0 aromatic heterocycles. The number of aliphatic hydroxyl groups is 1. The molecule has 2 heterocycles. The molecule has 0 radical (unpaired) electrons. The Morgan fingerprint density at radius 2 is 2.32 bits per heavy atom. The Morgan fingerprint density at radius 1 is 1.53 bits per heavy atom. The third-order valence-electron chi connectivity index (χ3n) is 4.54. The summed E-state index contributed by atoms with van der Waals surface area (Å²) in [5.74, 6) is 0. The van der Waals surface area contributed by atoms with Gasteiger partial charge in [-0.15, -0.1) is 0 Å². The van der Waals surface area contributed by atoms with Crippen LogP contribution in [0.15, 0.2) is 22.7 Å². The Bertz CT molecular complexity index is 498. The van der Waals surface area contributed by atoms with E-state index < -0.39 is 6.10 Å². The number of benzene rings is 1. The third-order valence-corrected chi connectivity index (χ3v) is 5.46. The molecule has 4 unspecified atom stereocenters. The summed E-state index contributed by atoms with van der Waals surface area (Å²) in [7, 11) is 0. The fourth-order valence-electron chi connectivity index (χ4n) is 3.48. The highest BCUT2D eigenvalue weighted by molar-refractivity contribution is 9.10. The van der Waals surface area contributed by atoms with Crippen LogP contribution in [0.5, 0.6) is 0 Å². The molecule has 0 amide bonds. The lowest BCUT2D eigenvalue weighted by Crippen LogP contribution is -2.44. The van der Waals surface area contributed by atoms with Gasteiger partial charge >= 0.3 is 0 Å². The number of ether oxygens (including phenoxy) is 1. The molecule has 3 N–H and O–H groups in total. The smallest absolute Gasteiger partial charge is 0.0895 e. The Balaban J connectivity index is 1.96. The maximum absolute atomic E-state index is 10.8. The van der Waals surface area contributed by atoms with Gasteiger partial charge in [-0.3, -0.25) is 0 Å². The van der Waals surface area contributed by atoms with Crippen molar-refractivity contribution in [3.63, 3.8) is 0 Å². The first kappa shape index (κ1) is 13.8. The fourth-order valence-corrected chi connectivity index (χ4v) is 4.38. The predicted molar refractivity (Wildman–Crippen MR) is 78.1 cm³/mol. The van der Waals surface area contributed by atoms with Gasteiger partial charge in [0.05, 0.1) is 18.3 Å². The van der Waals surface area contributed by atoms with E-state index in [0.29, 0.717) is 11.6 Å². The van der Waals surface area contributed by atoms with Crippen LogP contribution in [0.3, 0.4) is 0 Å². The second-order valence-corrected chi connectivity index (χ2v) is 6.82. The molecule has 0 spiro atoms. The van der Waals surface area contributed by atoms with Gasteiger partial charge in [-0.2, -0.15) is 0 Å². The van der Waals surface area contributed by atoms with Crippen molar-refractivity contribution < 1.29 is 9.84 Å². The number of halogens is 2. The molecule has 2 aliphatic rings. The SMILES string of the molecule is NCC1(C(O)c2ccc(Cl)cc2Br)CC2CCC1O2. The maximum atomic E-state index is 10.8. The topological polar surface area (TPSA) is 55.5 Å². The number of nitrogens with two attached hydrogens (primary N) is 1. The van der Waals surface area contributed by atoms with Crippen molar-refractivity contribution in [3.05, 3.63) is 33.3 Å². The van der Waals surface area contributed by atoms with E-state index in [-0.39, 0.29) is 17.6 Å². The Labute approximate surface area is 126 Å². The number of hydrogen-bond acceptors (Lipinski definition) is 3. The molecule has 0 saturated carbocycles. The summed E-state index contributed by atoms with van der Waals surface area (Å²) < 4.78 is 6.73. The van der Waals surface area contributed by atoms with Crippen LogP contribution >= 0.6 is 27.5 Å². The summed E-state index contributed by atoms with van der Waals surface area (Å²) in [6.07, 6.45) is 2.61. The molecule has 2 bridgehead atoms. The van der Waals surface area contributed by atoms with E-state index >= 15 is 0 Å². The third kappa shape index (κ3) is 2.14. The molecule has 104 valence electrons. The molecular formula is C14H17BrClNO2. The first-order chi connectivity index (χ1) is 9.06. The lowest BCUT2D eigenvalue weighted by atomic mass is 9.68. The maximum Gasteiger partial charge on any atom is 0.0895 e. The molecule has 2 fully saturated rings. The van der Waals surface area contributed by atoms with Crippen molar-refractivity contribution in [2.45, 2.75) is 37.6 Å². The number of rotatable bonds is 3. The Kier molecular flexibility index (Phi) is 3.65. The van der Waals surface area contributed by atoms with E-state index in [1.54, 1.807) is 12.1 Å². The Hall–Kier alpha value is -0.130. The van der Waals surface area contributed by atoms with Crippen LogP contribution in [0, 0.1) is 5.41 Å². The summed E-state index contributed by atoms with van der Waals surface area (Å²) >= 11 is 9.43. The molecule has 3 rings (SSSR count). The van der Waals surface area contributed by atoms with Gasteiger partial charge in [0.25, 0.3) is 0 Å². The lowest BCUT2D eigenvalue weighted by Gasteiger charge is -2.39. The van der Waals surface area contributed by atoms with Gasteiger partial charge in [-0.25, -0.2) is 0 Å².